The standard InChI is InChI=1S/C18H33N3O8/c1-17(2,3)28-13(22)7-11(16(27)29-18(4,5)6)21-9-12(15(25)26)20-8-10(19)14(23)24/h10-12,20-21H,7-9,19H2,1-6H3,(H,23,24)(H,25,26)/t10?,11?,12-/m1/s1. The molecule has 0 aliphatic heterocycles. The minimum atomic E-state index is -1.29. The Balaban J connectivity index is 5.15. The molecular weight excluding hydrogens is 386 g/mol. The number of hydrogen-bond acceptors (Lipinski definition) is 9. The number of rotatable bonds is 11. The summed E-state index contributed by atoms with van der Waals surface area (Å²) in [6.45, 7) is 9.43. The molecule has 0 saturated heterocycles. The normalized spacial score (nSPS) is 15.1. The van der Waals surface area contributed by atoms with Crippen LogP contribution >= 0.6 is 0 Å². The van der Waals surface area contributed by atoms with Gasteiger partial charge in [-0.3, -0.25) is 19.2 Å². The summed E-state index contributed by atoms with van der Waals surface area (Å²) in [5.41, 5.74) is 3.78. The summed E-state index contributed by atoms with van der Waals surface area (Å²) in [7, 11) is 0. The Labute approximate surface area is 170 Å². The van der Waals surface area contributed by atoms with Crippen molar-refractivity contribution in [1.82, 2.24) is 10.6 Å². The van der Waals surface area contributed by atoms with Gasteiger partial charge < -0.3 is 36.1 Å². The van der Waals surface area contributed by atoms with Crippen LogP contribution in [-0.2, 0) is 28.7 Å². The summed E-state index contributed by atoms with van der Waals surface area (Å²) in [4.78, 5) is 46.7. The van der Waals surface area contributed by atoms with Crippen molar-refractivity contribution in [2.75, 3.05) is 13.1 Å². The minimum Gasteiger partial charge on any atom is -0.480 e. The molecule has 0 fully saturated rings. The first-order valence-electron chi connectivity index (χ1n) is 9.14. The van der Waals surface area contributed by atoms with Crippen LogP contribution in [0.5, 0.6) is 0 Å². The molecule has 0 aromatic heterocycles. The van der Waals surface area contributed by atoms with Gasteiger partial charge in [0.05, 0.1) is 6.42 Å². The topological polar surface area (TPSA) is 177 Å². The van der Waals surface area contributed by atoms with Crippen LogP contribution in [0.2, 0.25) is 0 Å². The van der Waals surface area contributed by atoms with E-state index in [2.05, 4.69) is 10.6 Å². The number of carbonyl (C=O) groups is 4. The highest BCUT2D eigenvalue weighted by Gasteiger charge is 2.31. The lowest BCUT2D eigenvalue weighted by atomic mass is 10.1. The summed E-state index contributed by atoms with van der Waals surface area (Å²) in [6, 6.07) is -3.69. The van der Waals surface area contributed by atoms with Crippen molar-refractivity contribution in [3.63, 3.8) is 0 Å². The van der Waals surface area contributed by atoms with Gasteiger partial charge in [0.25, 0.3) is 0 Å². The van der Waals surface area contributed by atoms with Gasteiger partial charge in [-0.15, -0.1) is 0 Å². The van der Waals surface area contributed by atoms with Gasteiger partial charge in [0, 0.05) is 13.1 Å². The van der Waals surface area contributed by atoms with E-state index in [4.69, 9.17) is 20.3 Å². The third-order valence-electron chi connectivity index (χ3n) is 3.25. The summed E-state index contributed by atoms with van der Waals surface area (Å²) in [6.07, 6.45) is -0.368. The van der Waals surface area contributed by atoms with Crippen molar-refractivity contribution in [2.45, 2.75) is 77.3 Å². The average Bonchev–Trinajstić information content (AvgIpc) is 2.49. The van der Waals surface area contributed by atoms with Gasteiger partial charge in [-0.05, 0) is 41.5 Å². The molecule has 0 bridgehead atoms. The van der Waals surface area contributed by atoms with E-state index in [9.17, 15) is 24.3 Å². The van der Waals surface area contributed by atoms with Crippen LogP contribution in [0.25, 0.3) is 0 Å². The molecule has 0 saturated carbocycles. The largest absolute Gasteiger partial charge is 0.480 e. The molecule has 0 aromatic carbocycles. The van der Waals surface area contributed by atoms with Crippen molar-refractivity contribution in [3.05, 3.63) is 0 Å². The SMILES string of the molecule is CC(C)(C)OC(=O)CC(NC[C@@H](NCC(N)C(=O)O)C(=O)O)C(=O)OC(C)(C)C. The fourth-order valence-corrected chi connectivity index (χ4v) is 2.03. The molecule has 6 N–H and O–H groups in total. The summed E-state index contributed by atoms with van der Waals surface area (Å²) < 4.78 is 10.5. The van der Waals surface area contributed by atoms with Gasteiger partial charge in [0.15, 0.2) is 0 Å². The number of ether oxygens (including phenoxy) is 2. The molecule has 168 valence electrons. The average molecular weight is 419 g/mol. The Morgan fingerprint density at radius 1 is 0.828 bits per heavy atom. The predicted octanol–water partition coefficient (Wildman–Crippen LogP) is -0.527. The highest BCUT2D eigenvalue weighted by Crippen LogP contribution is 2.13. The van der Waals surface area contributed by atoms with Crippen LogP contribution in [0.15, 0.2) is 0 Å². The molecule has 11 heteroatoms. The van der Waals surface area contributed by atoms with Gasteiger partial charge in [-0.1, -0.05) is 0 Å². The number of carboxylic acid groups (broad SMARTS) is 2. The molecule has 3 atom stereocenters. The number of carboxylic acids is 2. The number of carbonyl (C=O) groups excluding carboxylic acids is 2. The van der Waals surface area contributed by atoms with Crippen molar-refractivity contribution in [1.29, 1.82) is 0 Å². The molecule has 0 aliphatic rings. The molecule has 29 heavy (non-hydrogen) atoms. The maximum Gasteiger partial charge on any atom is 0.324 e. The van der Waals surface area contributed by atoms with Crippen LogP contribution in [-0.4, -0.2) is 76.5 Å². The van der Waals surface area contributed by atoms with Crippen LogP contribution in [0, 0.1) is 0 Å². The fourth-order valence-electron chi connectivity index (χ4n) is 2.03. The number of aliphatic carboxylic acids is 2. The number of nitrogens with one attached hydrogen (secondary N) is 2. The third-order valence-corrected chi connectivity index (χ3v) is 3.25. The zero-order valence-electron chi connectivity index (χ0n) is 17.8. The van der Waals surface area contributed by atoms with Gasteiger partial charge >= 0.3 is 23.9 Å². The van der Waals surface area contributed by atoms with E-state index >= 15 is 0 Å². The van der Waals surface area contributed by atoms with Gasteiger partial charge in [-0.25, -0.2) is 0 Å². The van der Waals surface area contributed by atoms with E-state index in [1.54, 1.807) is 41.5 Å². The summed E-state index contributed by atoms with van der Waals surface area (Å²) in [5, 5.41) is 23.3. The zero-order chi connectivity index (χ0) is 23.0. The maximum absolute atomic E-state index is 12.4. The Morgan fingerprint density at radius 2 is 1.31 bits per heavy atom. The second kappa shape index (κ2) is 11.1. The Hall–Kier alpha value is -2.24. The Bertz CT molecular complexity index is 595. The predicted molar refractivity (Wildman–Crippen MR) is 103 cm³/mol. The molecule has 2 unspecified atom stereocenters. The van der Waals surface area contributed by atoms with Crippen molar-refractivity contribution < 1.29 is 38.9 Å². The van der Waals surface area contributed by atoms with Crippen LogP contribution in [0.4, 0.5) is 0 Å². The minimum absolute atomic E-state index is 0.283. The van der Waals surface area contributed by atoms with Crippen molar-refractivity contribution in [3.8, 4) is 0 Å². The van der Waals surface area contributed by atoms with Crippen molar-refractivity contribution in [2.24, 2.45) is 5.73 Å². The van der Waals surface area contributed by atoms with Gasteiger partial charge in [0.1, 0.15) is 29.3 Å². The molecule has 0 rings (SSSR count). The monoisotopic (exact) mass is 419 g/mol. The molecule has 0 spiro atoms. The number of esters is 2. The second-order valence-electron chi connectivity index (χ2n) is 8.53. The highest BCUT2D eigenvalue weighted by molar-refractivity contribution is 5.83. The van der Waals surface area contributed by atoms with Gasteiger partial charge in [0.2, 0.25) is 0 Å². The van der Waals surface area contributed by atoms with E-state index in [1.807, 2.05) is 0 Å². The quantitative estimate of drug-likeness (QED) is 0.272. The first-order chi connectivity index (χ1) is 13.0. The lowest BCUT2D eigenvalue weighted by Crippen LogP contribution is -2.53. The molecule has 0 amide bonds. The van der Waals surface area contributed by atoms with E-state index in [0.29, 0.717) is 0 Å². The van der Waals surface area contributed by atoms with E-state index in [0.717, 1.165) is 0 Å². The maximum atomic E-state index is 12.4. The zero-order valence-corrected chi connectivity index (χ0v) is 17.8. The van der Waals surface area contributed by atoms with Crippen molar-refractivity contribution >= 4 is 23.9 Å². The third kappa shape index (κ3) is 12.8. The first-order valence-corrected chi connectivity index (χ1v) is 9.14. The van der Waals surface area contributed by atoms with Crippen LogP contribution < -0.4 is 16.4 Å². The van der Waals surface area contributed by atoms with Crippen LogP contribution in [0.3, 0.4) is 0 Å². The summed E-state index contributed by atoms with van der Waals surface area (Å²) in [5.74, 6) is -3.97. The Kier molecular flexibility index (Phi) is 10.2. The fraction of sp³-hybridized carbons (Fsp3) is 0.778. The molecule has 11 nitrogen and oxygen atoms in total. The molecule has 0 aliphatic carbocycles. The van der Waals surface area contributed by atoms with Crippen LogP contribution in [0.1, 0.15) is 48.0 Å². The number of nitrogens with two attached hydrogens (primary N) is 1. The Morgan fingerprint density at radius 3 is 1.72 bits per heavy atom. The second-order valence-corrected chi connectivity index (χ2v) is 8.53. The van der Waals surface area contributed by atoms with E-state index in [-0.39, 0.29) is 19.5 Å². The summed E-state index contributed by atoms with van der Waals surface area (Å²) >= 11 is 0. The smallest absolute Gasteiger partial charge is 0.324 e. The molecular formula is C18H33N3O8. The first kappa shape index (κ1) is 26.8. The number of hydrogen-bond donors (Lipinski definition) is 5. The molecule has 0 aromatic rings. The highest BCUT2D eigenvalue weighted by atomic mass is 16.6. The molecule has 0 radical (unpaired) electrons. The van der Waals surface area contributed by atoms with Gasteiger partial charge in [-0.2, -0.15) is 0 Å². The lowest BCUT2D eigenvalue weighted by molar-refractivity contribution is -0.164. The van der Waals surface area contributed by atoms with E-state index < -0.39 is 53.2 Å². The van der Waals surface area contributed by atoms with E-state index in [1.165, 1.54) is 0 Å². The lowest BCUT2D eigenvalue weighted by Gasteiger charge is -2.26. The molecule has 0 heterocycles.